The van der Waals surface area contributed by atoms with Crippen molar-refractivity contribution in [3.63, 3.8) is 0 Å². The molecular formula is C11H17N3O3S. The van der Waals surface area contributed by atoms with E-state index in [1.54, 1.807) is 4.90 Å². The molecule has 1 heterocycles. The maximum Gasteiger partial charge on any atom is 0.304 e. The molecule has 2 N–H and O–H groups in total. The maximum atomic E-state index is 11.7. The van der Waals surface area contributed by atoms with Crippen LogP contribution in [0, 0.1) is 6.92 Å². The third-order valence-corrected chi connectivity index (χ3v) is 3.20. The molecule has 0 saturated carbocycles. The number of nitrogens with one attached hydrogen (secondary N) is 1. The van der Waals surface area contributed by atoms with Gasteiger partial charge in [-0.25, -0.2) is 4.98 Å². The highest BCUT2D eigenvalue weighted by Crippen LogP contribution is 2.14. The lowest BCUT2D eigenvalue weighted by Gasteiger charge is -2.18. The zero-order valence-electron chi connectivity index (χ0n) is 10.5. The van der Waals surface area contributed by atoms with E-state index < -0.39 is 5.97 Å². The molecule has 0 atom stereocenters. The number of nitrogens with zero attached hydrogens (tertiary/aromatic N) is 2. The molecule has 6 nitrogen and oxygen atoms in total. The Kier molecular flexibility index (Phi) is 5.73. The average molecular weight is 271 g/mol. The zero-order chi connectivity index (χ0) is 13.5. The molecule has 0 aliphatic heterocycles. The van der Waals surface area contributed by atoms with Gasteiger partial charge in [-0.1, -0.05) is 6.92 Å². The predicted molar refractivity (Wildman–Crippen MR) is 69.8 cm³/mol. The molecule has 0 unspecified atom stereocenters. The highest BCUT2D eigenvalue weighted by Gasteiger charge is 2.11. The molecule has 0 saturated heterocycles. The van der Waals surface area contributed by atoms with Crippen molar-refractivity contribution in [3.8, 4) is 0 Å². The van der Waals surface area contributed by atoms with Gasteiger partial charge >= 0.3 is 5.97 Å². The molecule has 0 fully saturated rings. The second-order valence-electron chi connectivity index (χ2n) is 3.85. The van der Waals surface area contributed by atoms with Crippen LogP contribution < -0.4 is 5.32 Å². The summed E-state index contributed by atoms with van der Waals surface area (Å²) in [6, 6.07) is 0. The summed E-state index contributed by atoms with van der Waals surface area (Å²) in [6.45, 7) is 4.94. The average Bonchev–Trinajstić information content (AvgIpc) is 2.69. The summed E-state index contributed by atoms with van der Waals surface area (Å²) < 4.78 is 0. The van der Waals surface area contributed by atoms with Crippen molar-refractivity contribution < 1.29 is 14.7 Å². The van der Waals surface area contributed by atoms with Gasteiger partial charge in [-0.2, -0.15) is 0 Å². The van der Waals surface area contributed by atoms with Gasteiger partial charge in [-0.3, -0.25) is 14.5 Å². The summed E-state index contributed by atoms with van der Waals surface area (Å²) in [5.41, 5.74) is 0.869. The number of aryl methyl sites for hydroxylation is 1. The fraction of sp³-hybridized carbons (Fsp3) is 0.545. The third kappa shape index (κ3) is 5.24. The Morgan fingerprint density at radius 2 is 2.28 bits per heavy atom. The van der Waals surface area contributed by atoms with Crippen LogP contribution in [0.1, 0.15) is 19.0 Å². The van der Waals surface area contributed by atoms with Crippen LogP contribution >= 0.6 is 11.3 Å². The Bertz CT molecular complexity index is 419. The number of thiazole rings is 1. The number of carboxylic acid groups (broad SMARTS) is 1. The minimum atomic E-state index is -0.857. The van der Waals surface area contributed by atoms with E-state index in [9.17, 15) is 9.59 Å². The van der Waals surface area contributed by atoms with Crippen molar-refractivity contribution in [1.82, 2.24) is 9.88 Å². The van der Waals surface area contributed by atoms with E-state index in [1.165, 1.54) is 11.3 Å². The Morgan fingerprint density at radius 3 is 2.78 bits per heavy atom. The smallest absolute Gasteiger partial charge is 0.304 e. The lowest BCUT2D eigenvalue weighted by molar-refractivity contribution is -0.137. The van der Waals surface area contributed by atoms with Gasteiger partial charge in [0.2, 0.25) is 5.91 Å². The maximum absolute atomic E-state index is 11.7. The van der Waals surface area contributed by atoms with Gasteiger partial charge < -0.3 is 10.4 Å². The summed E-state index contributed by atoms with van der Waals surface area (Å²) in [5, 5.41) is 13.7. The number of aromatic nitrogens is 1. The molecule has 1 aromatic rings. The summed E-state index contributed by atoms with van der Waals surface area (Å²) in [7, 11) is 0. The molecular weight excluding hydrogens is 254 g/mol. The van der Waals surface area contributed by atoms with Crippen LogP contribution in [-0.4, -0.2) is 46.5 Å². The second-order valence-corrected chi connectivity index (χ2v) is 4.71. The summed E-state index contributed by atoms with van der Waals surface area (Å²) in [4.78, 5) is 28.1. The first kappa shape index (κ1) is 14.6. The van der Waals surface area contributed by atoms with Crippen LogP contribution in [0.5, 0.6) is 0 Å². The van der Waals surface area contributed by atoms with Crippen molar-refractivity contribution >= 4 is 28.3 Å². The van der Waals surface area contributed by atoms with Crippen LogP contribution in [0.15, 0.2) is 5.38 Å². The van der Waals surface area contributed by atoms with Crippen molar-refractivity contribution in [2.24, 2.45) is 0 Å². The lowest BCUT2D eigenvalue weighted by atomic mass is 10.3. The monoisotopic (exact) mass is 271 g/mol. The number of likely N-dealkylation sites (N-methyl/N-ethyl adjacent to an activating group) is 1. The number of carbonyl (C=O) groups excluding carboxylic acids is 1. The molecule has 1 amide bonds. The van der Waals surface area contributed by atoms with Gasteiger partial charge in [0.25, 0.3) is 0 Å². The first-order chi connectivity index (χ1) is 8.51. The number of hydrogen-bond donors (Lipinski definition) is 2. The quantitative estimate of drug-likeness (QED) is 0.778. The summed E-state index contributed by atoms with van der Waals surface area (Å²) in [5.74, 6) is -1.03. The number of amides is 1. The van der Waals surface area contributed by atoms with Gasteiger partial charge in [0.15, 0.2) is 5.13 Å². The number of carboxylic acids is 1. The molecule has 7 heteroatoms. The van der Waals surface area contributed by atoms with E-state index in [0.29, 0.717) is 18.2 Å². The standard InChI is InChI=1S/C11H17N3O3S/c1-3-14(5-4-10(16)17)6-9(15)13-11-12-8(2)7-18-11/h7H,3-6H2,1-2H3,(H,16,17)(H,12,13,15). The molecule has 0 aromatic carbocycles. The summed E-state index contributed by atoms with van der Waals surface area (Å²) >= 11 is 1.38. The first-order valence-electron chi connectivity index (χ1n) is 5.67. The highest BCUT2D eigenvalue weighted by atomic mass is 32.1. The molecule has 1 rings (SSSR count). The van der Waals surface area contributed by atoms with Crippen molar-refractivity contribution in [3.05, 3.63) is 11.1 Å². The molecule has 0 aliphatic rings. The number of rotatable bonds is 7. The molecule has 0 spiro atoms. The Hall–Kier alpha value is -1.47. The van der Waals surface area contributed by atoms with Crippen LogP contribution in [0.4, 0.5) is 5.13 Å². The van der Waals surface area contributed by atoms with E-state index in [2.05, 4.69) is 10.3 Å². The summed E-state index contributed by atoms with van der Waals surface area (Å²) in [6.07, 6.45) is 0.0392. The topological polar surface area (TPSA) is 82.5 Å². The van der Waals surface area contributed by atoms with Crippen molar-refractivity contribution in [2.75, 3.05) is 25.0 Å². The normalized spacial score (nSPS) is 10.6. The van der Waals surface area contributed by atoms with Gasteiger partial charge in [0, 0.05) is 11.9 Å². The number of anilines is 1. The van der Waals surface area contributed by atoms with Crippen LogP contribution in [0.3, 0.4) is 0 Å². The van der Waals surface area contributed by atoms with E-state index in [0.717, 1.165) is 5.69 Å². The second kappa shape index (κ2) is 7.07. The van der Waals surface area contributed by atoms with Gasteiger partial charge in [0.1, 0.15) is 0 Å². The van der Waals surface area contributed by atoms with Crippen molar-refractivity contribution in [1.29, 1.82) is 0 Å². The number of hydrogen-bond acceptors (Lipinski definition) is 5. The lowest BCUT2D eigenvalue weighted by Crippen LogP contribution is -2.34. The number of aliphatic carboxylic acids is 1. The molecule has 1 aromatic heterocycles. The Labute approximate surface area is 110 Å². The van der Waals surface area contributed by atoms with Gasteiger partial charge in [-0.05, 0) is 13.5 Å². The van der Waals surface area contributed by atoms with Crippen molar-refractivity contribution in [2.45, 2.75) is 20.3 Å². The Morgan fingerprint density at radius 1 is 1.56 bits per heavy atom. The first-order valence-corrected chi connectivity index (χ1v) is 6.55. The molecule has 0 radical (unpaired) electrons. The molecule has 100 valence electrons. The zero-order valence-corrected chi connectivity index (χ0v) is 11.3. The SMILES string of the molecule is CCN(CCC(=O)O)CC(=O)Nc1nc(C)cs1. The van der Waals surface area contributed by atoms with Crippen LogP contribution in [-0.2, 0) is 9.59 Å². The van der Waals surface area contributed by atoms with Gasteiger partial charge in [-0.15, -0.1) is 11.3 Å². The highest BCUT2D eigenvalue weighted by molar-refractivity contribution is 7.13. The minimum absolute atomic E-state index is 0.0392. The van der Waals surface area contributed by atoms with E-state index >= 15 is 0 Å². The minimum Gasteiger partial charge on any atom is -0.481 e. The van der Waals surface area contributed by atoms with E-state index in [1.807, 2.05) is 19.2 Å². The molecule has 18 heavy (non-hydrogen) atoms. The van der Waals surface area contributed by atoms with Gasteiger partial charge in [0.05, 0.1) is 18.7 Å². The van der Waals surface area contributed by atoms with E-state index in [4.69, 9.17) is 5.11 Å². The van der Waals surface area contributed by atoms with Crippen LogP contribution in [0.2, 0.25) is 0 Å². The molecule has 0 bridgehead atoms. The molecule has 0 aliphatic carbocycles. The number of carbonyl (C=O) groups is 2. The van der Waals surface area contributed by atoms with Crippen LogP contribution in [0.25, 0.3) is 0 Å². The largest absolute Gasteiger partial charge is 0.481 e. The fourth-order valence-electron chi connectivity index (χ4n) is 1.38. The third-order valence-electron chi connectivity index (χ3n) is 2.32. The fourth-order valence-corrected chi connectivity index (χ4v) is 2.08. The predicted octanol–water partition coefficient (Wildman–Crippen LogP) is 1.19. The van der Waals surface area contributed by atoms with E-state index in [-0.39, 0.29) is 18.9 Å². The Balaban J connectivity index is 2.39.